The van der Waals surface area contributed by atoms with Crippen LogP contribution >= 0.6 is 0 Å². The number of esters is 1. The predicted octanol–water partition coefficient (Wildman–Crippen LogP) is 1.10. The Balaban J connectivity index is 1.73. The summed E-state index contributed by atoms with van der Waals surface area (Å²) in [5, 5.41) is 9.55. The molecule has 11 nitrogen and oxygen atoms in total. The summed E-state index contributed by atoms with van der Waals surface area (Å²) in [5.74, 6) is -1.73. The number of hydrogen-bond acceptors (Lipinski definition) is 6. The molecule has 0 atom stereocenters. The van der Waals surface area contributed by atoms with Gasteiger partial charge >= 0.3 is 5.97 Å². The monoisotopic (exact) mass is 441 g/mol. The molecule has 0 aliphatic carbocycles. The Morgan fingerprint density at radius 1 is 1.06 bits per heavy atom. The Morgan fingerprint density at radius 3 is 2.44 bits per heavy atom. The lowest BCUT2D eigenvalue weighted by molar-refractivity contribution is -0.115. The van der Waals surface area contributed by atoms with E-state index in [1.165, 1.54) is 18.2 Å². The molecule has 11 heteroatoms. The summed E-state index contributed by atoms with van der Waals surface area (Å²) in [4.78, 5) is 64.0. The van der Waals surface area contributed by atoms with Crippen LogP contribution in [0.2, 0.25) is 0 Å². The third-order valence-electron chi connectivity index (χ3n) is 4.72. The first-order chi connectivity index (χ1) is 15.1. The quantitative estimate of drug-likeness (QED) is 0.359. The summed E-state index contributed by atoms with van der Waals surface area (Å²) in [5.41, 5.74) is 0.354. The number of hydrogen-bond donors (Lipinski definition) is 5. The van der Waals surface area contributed by atoms with Crippen LogP contribution in [0.4, 0.5) is 5.69 Å². The van der Waals surface area contributed by atoms with Gasteiger partial charge in [0.2, 0.25) is 5.91 Å². The molecule has 3 aromatic rings. The lowest BCUT2D eigenvalue weighted by Crippen LogP contribution is -2.33. The fourth-order valence-corrected chi connectivity index (χ4v) is 3.33. The number of H-pyrrole nitrogens is 3. The molecule has 3 rings (SSSR count). The highest BCUT2D eigenvalue weighted by Crippen LogP contribution is 2.20. The van der Waals surface area contributed by atoms with Crippen molar-refractivity contribution >= 4 is 34.2 Å². The normalized spacial score (nSPS) is 10.9. The molecule has 0 saturated carbocycles. The average molecular weight is 441 g/mol. The van der Waals surface area contributed by atoms with Crippen LogP contribution in [0.25, 0.3) is 10.8 Å². The Labute approximate surface area is 181 Å². The molecule has 0 spiro atoms. The maximum atomic E-state index is 12.6. The molecule has 0 fully saturated rings. The molecule has 0 unspecified atom stereocenters. The van der Waals surface area contributed by atoms with E-state index >= 15 is 0 Å². The summed E-state index contributed by atoms with van der Waals surface area (Å²) in [6, 6.07) is 4.45. The van der Waals surface area contributed by atoms with E-state index in [0.29, 0.717) is 11.3 Å². The number of carbonyl (C=O) groups is 3. The van der Waals surface area contributed by atoms with Gasteiger partial charge in [-0.25, -0.2) is 4.79 Å². The van der Waals surface area contributed by atoms with Crippen LogP contribution < -0.4 is 21.8 Å². The fraction of sp³-hybridized carbons (Fsp3) is 0.286. The first-order valence-electron chi connectivity index (χ1n) is 9.82. The van der Waals surface area contributed by atoms with Crippen LogP contribution in [0.5, 0.6) is 0 Å². The maximum absolute atomic E-state index is 12.6. The van der Waals surface area contributed by atoms with Gasteiger partial charge in [-0.1, -0.05) is 6.07 Å². The Hall–Kier alpha value is -4.15. The number of fused-ring (bicyclic) bond motifs is 1. The van der Waals surface area contributed by atoms with Gasteiger partial charge in [0, 0.05) is 5.69 Å². The van der Waals surface area contributed by atoms with Gasteiger partial charge in [0.1, 0.15) is 5.69 Å². The number of aryl methyl sites for hydroxylation is 1. The van der Waals surface area contributed by atoms with Crippen LogP contribution in [0.3, 0.4) is 0 Å². The number of aromatic amines is 3. The molecule has 0 radical (unpaired) electrons. The lowest BCUT2D eigenvalue weighted by atomic mass is 10.1. The smallest absolute Gasteiger partial charge is 0.340 e. The van der Waals surface area contributed by atoms with Crippen LogP contribution in [0.15, 0.2) is 27.8 Å². The maximum Gasteiger partial charge on any atom is 0.340 e. The lowest BCUT2D eigenvalue weighted by Gasteiger charge is -2.09. The average Bonchev–Trinajstić information content (AvgIpc) is 3.02. The first-order valence-corrected chi connectivity index (χ1v) is 9.82. The molecule has 0 bridgehead atoms. The van der Waals surface area contributed by atoms with Gasteiger partial charge in [0.05, 0.1) is 34.7 Å². The van der Waals surface area contributed by atoms with E-state index in [1.807, 2.05) is 0 Å². The Morgan fingerprint density at radius 2 is 1.75 bits per heavy atom. The van der Waals surface area contributed by atoms with E-state index in [0.717, 1.165) is 0 Å². The van der Waals surface area contributed by atoms with E-state index in [2.05, 4.69) is 25.8 Å². The molecular weight excluding hydrogens is 418 g/mol. The Bertz CT molecular complexity index is 1330. The van der Waals surface area contributed by atoms with Gasteiger partial charge in [-0.3, -0.25) is 29.4 Å². The van der Waals surface area contributed by atoms with Crippen molar-refractivity contribution in [2.75, 3.05) is 11.9 Å². The second-order valence-corrected chi connectivity index (χ2v) is 7.45. The summed E-state index contributed by atoms with van der Waals surface area (Å²) in [7, 11) is 0. The molecule has 5 N–H and O–H groups in total. The number of carbonyl (C=O) groups excluding carboxylic acids is 3. The van der Waals surface area contributed by atoms with E-state index in [4.69, 9.17) is 4.74 Å². The standard InChI is InChI=1S/C21H23N5O6/c1-9(2)32-21(31)15-10(3)17(23-11(15)4)20(30)22-8-14(27)24-13-7-5-6-12-16(13)19(29)26-25-18(12)28/h5-7,9,23H,8H2,1-4H3,(H,22,30)(H,24,27)(H,25,28)(H,26,29). The number of amides is 2. The van der Waals surface area contributed by atoms with Crippen LogP contribution in [0.1, 0.15) is 46.0 Å². The van der Waals surface area contributed by atoms with Crippen molar-refractivity contribution in [3.05, 3.63) is 61.4 Å². The molecular formula is C21H23N5O6. The van der Waals surface area contributed by atoms with Crippen molar-refractivity contribution in [1.29, 1.82) is 0 Å². The van der Waals surface area contributed by atoms with E-state index in [1.54, 1.807) is 27.7 Å². The zero-order valence-electron chi connectivity index (χ0n) is 18.0. The second kappa shape index (κ2) is 8.92. The molecule has 168 valence electrons. The highest BCUT2D eigenvalue weighted by Gasteiger charge is 2.24. The van der Waals surface area contributed by atoms with E-state index in [-0.39, 0.29) is 33.8 Å². The molecule has 2 aromatic heterocycles. The number of rotatable bonds is 6. The van der Waals surface area contributed by atoms with Gasteiger partial charge in [0.15, 0.2) is 0 Å². The minimum Gasteiger partial charge on any atom is -0.459 e. The summed E-state index contributed by atoms with van der Waals surface area (Å²) in [6.45, 7) is 6.30. The number of ether oxygens (including phenoxy) is 1. The Kier molecular flexibility index (Phi) is 6.28. The SMILES string of the molecule is Cc1[nH]c(C(=O)NCC(=O)Nc2cccc3c(=O)[nH][nH]c(=O)c23)c(C)c1C(=O)OC(C)C. The predicted molar refractivity (Wildman–Crippen MR) is 117 cm³/mol. The second-order valence-electron chi connectivity index (χ2n) is 7.45. The van der Waals surface area contributed by atoms with E-state index in [9.17, 15) is 24.0 Å². The van der Waals surface area contributed by atoms with Crippen molar-refractivity contribution < 1.29 is 19.1 Å². The van der Waals surface area contributed by atoms with Crippen LogP contribution in [-0.2, 0) is 9.53 Å². The molecule has 0 aliphatic rings. The molecule has 0 saturated heterocycles. The number of anilines is 1. The van der Waals surface area contributed by atoms with Gasteiger partial charge in [0.25, 0.3) is 17.0 Å². The number of aromatic nitrogens is 3. The summed E-state index contributed by atoms with van der Waals surface area (Å²) < 4.78 is 5.20. The summed E-state index contributed by atoms with van der Waals surface area (Å²) in [6.07, 6.45) is -0.311. The third-order valence-corrected chi connectivity index (χ3v) is 4.72. The molecule has 32 heavy (non-hydrogen) atoms. The van der Waals surface area contributed by atoms with Crippen LogP contribution in [0, 0.1) is 13.8 Å². The number of benzene rings is 1. The molecule has 0 aliphatic heterocycles. The van der Waals surface area contributed by atoms with Crippen molar-refractivity contribution in [3.8, 4) is 0 Å². The molecule has 1 aromatic carbocycles. The van der Waals surface area contributed by atoms with Crippen molar-refractivity contribution in [1.82, 2.24) is 20.5 Å². The van der Waals surface area contributed by atoms with Gasteiger partial charge in [-0.05, 0) is 45.4 Å². The molecule has 2 amide bonds. The minimum atomic E-state index is -0.606. The van der Waals surface area contributed by atoms with Gasteiger partial charge < -0.3 is 20.4 Å². The van der Waals surface area contributed by atoms with Crippen molar-refractivity contribution in [3.63, 3.8) is 0 Å². The minimum absolute atomic E-state index is 0.0278. The topological polar surface area (TPSA) is 166 Å². The van der Waals surface area contributed by atoms with Crippen LogP contribution in [-0.4, -0.2) is 45.6 Å². The van der Waals surface area contributed by atoms with Crippen molar-refractivity contribution in [2.45, 2.75) is 33.8 Å². The fourth-order valence-electron chi connectivity index (χ4n) is 3.33. The van der Waals surface area contributed by atoms with Crippen molar-refractivity contribution in [2.24, 2.45) is 0 Å². The highest BCUT2D eigenvalue weighted by atomic mass is 16.5. The summed E-state index contributed by atoms with van der Waals surface area (Å²) >= 11 is 0. The van der Waals surface area contributed by atoms with Gasteiger partial charge in [-0.2, -0.15) is 0 Å². The van der Waals surface area contributed by atoms with Gasteiger partial charge in [-0.15, -0.1) is 0 Å². The zero-order chi connectivity index (χ0) is 23.6. The highest BCUT2D eigenvalue weighted by molar-refractivity contribution is 6.05. The zero-order valence-corrected chi connectivity index (χ0v) is 18.0. The number of nitrogens with one attached hydrogen (secondary N) is 5. The third kappa shape index (κ3) is 4.46. The van der Waals surface area contributed by atoms with E-state index < -0.39 is 35.4 Å². The first kappa shape index (κ1) is 22.5. The largest absolute Gasteiger partial charge is 0.459 e. The molecule has 2 heterocycles.